The van der Waals surface area contributed by atoms with E-state index >= 15 is 0 Å². The van der Waals surface area contributed by atoms with Crippen LogP contribution >= 0.6 is 34.8 Å². The maximum Gasteiger partial charge on any atom is 0.315 e. The standard InChI is InChI=1S/C33H34Cl3N5O2/c1-21-28(39-41(27-15-14-25(35)20-26(27)36)29(21)22-10-12-24(34)13-11-22)30(42)40-18-16-33(17-19-40,23-8-6-5-7-9-23)38-31(43)37-32(2,3)4/h5-15,20H,16-19H2,1-4H3,(H2,37,38,43). The van der Waals surface area contributed by atoms with Crippen LogP contribution in [0.25, 0.3) is 16.9 Å². The van der Waals surface area contributed by atoms with Crippen LogP contribution in [0.2, 0.25) is 15.1 Å². The first-order valence-electron chi connectivity index (χ1n) is 14.1. The van der Waals surface area contributed by atoms with E-state index in [2.05, 4.69) is 10.6 Å². The fraction of sp³-hybridized carbons (Fsp3) is 0.303. The Hall–Kier alpha value is -3.52. The maximum absolute atomic E-state index is 14.1. The second kappa shape index (κ2) is 12.2. The van der Waals surface area contributed by atoms with Crippen molar-refractivity contribution in [3.63, 3.8) is 0 Å². The van der Waals surface area contributed by atoms with Crippen molar-refractivity contribution in [1.82, 2.24) is 25.3 Å². The number of halogens is 3. The number of aromatic nitrogens is 2. The molecule has 10 heteroatoms. The molecule has 1 aliphatic heterocycles. The van der Waals surface area contributed by atoms with E-state index in [1.54, 1.807) is 39.9 Å². The Bertz CT molecular complexity index is 1640. The summed E-state index contributed by atoms with van der Waals surface area (Å²) in [5.41, 5.74) is 3.25. The summed E-state index contributed by atoms with van der Waals surface area (Å²) >= 11 is 19.0. The molecule has 0 unspecified atom stereocenters. The van der Waals surface area contributed by atoms with Crippen molar-refractivity contribution in [3.05, 3.63) is 105 Å². The van der Waals surface area contributed by atoms with Crippen LogP contribution in [0.15, 0.2) is 72.8 Å². The lowest BCUT2D eigenvalue weighted by Gasteiger charge is -2.43. The van der Waals surface area contributed by atoms with Gasteiger partial charge >= 0.3 is 6.03 Å². The Labute approximate surface area is 267 Å². The van der Waals surface area contributed by atoms with Gasteiger partial charge in [0.1, 0.15) is 0 Å². The van der Waals surface area contributed by atoms with Crippen molar-refractivity contribution in [2.24, 2.45) is 0 Å². The number of carbonyl (C=O) groups excluding carboxylic acids is 2. The van der Waals surface area contributed by atoms with Crippen LogP contribution in [-0.2, 0) is 5.54 Å². The third-order valence-corrected chi connectivity index (χ3v) is 8.44. The molecule has 4 aromatic rings. The molecular formula is C33H34Cl3N5O2. The van der Waals surface area contributed by atoms with Crippen molar-refractivity contribution in [1.29, 1.82) is 0 Å². The molecule has 1 aromatic heterocycles. The SMILES string of the molecule is Cc1c(C(=O)N2CCC(NC(=O)NC(C)(C)C)(c3ccccc3)CC2)nn(-c2ccc(Cl)cc2Cl)c1-c1ccc(Cl)cc1. The molecule has 3 aromatic carbocycles. The molecule has 2 heterocycles. The number of hydrogen-bond donors (Lipinski definition) is 2. The Morgan fingerprint density at radius 3 is 2.12 bits per heavy atom. The van der Waals surface area contributed by atoms with Gasteiger partial charge in [0.05, 0.1) is 21.9 Å². The molecule has 5 rings (SSSR count). The summed E-state index contributed by atoms with van der Waals surface area (Å²) in [7, 11) is 0. The van der Waals surface area contributed by atoms with Gasteiger partial charge in [0.15, 0.2) is 5.69 Å². The highest BCUT2D eigenvalue weighted by molar-refractivity contribution is 6.35. The van der Waals surface area contributed by atoms with Gasteiger partial charge < -0.3 is 15.5 Å². The van der Waals surface area contributed by atoms with E-state index in [4.69, 9.17) is 39.9 Å². The highest BCUT2D eigenvalue weighted by atomic mass is 35.5. The number of piperidine rings is 1. The number of nitrogens with zero attached hydrogens (tertiary/aromatic N) is 3. The highest BCUT2D eigenvalue weighted by Crippen LogP contribution is 2.36. The zero-order valence-electron chi connectivity index (χ0n) is 24.5. The van der Waals surface area contributed by atoms with E-state index < -0.39 is 5.54 Å². The summed E-state index contributed by atoms with van der Waals surface area (Å²) < 4.78 is 1.70. The van der Waals surface area contributed by atoms with Crippen LogP contribution in [0, 0.1) is 6.92 Å². The van der Waals surface area contributed by atoms with Crippen molar-refractivity contribution >= 4 is 46.7 Å². The fourth-order valence-corrected chi connectivity index (χ4v) is 6.16. The summed E-state index contributed by atoms with van der Waals surface area (Å²) in [5, 5.41) is 12.6. The summed E-state index contributed by atoms with van der Waals surface area (Å²) in [4.78, 5) is 28.9. The minimum Gasteiger partial charge on any atom is -0.337 e. The van der Waals surface area contributed by atoms with Crippen LogP contribution in [0.3, 0.4) is 0 Å². The maximum atomic E-state index is 14.1. The molecule has 43 heavy (non-hydrogen) atoms. The Morgan fingerprint density at radius 2 is 1.51 bits per heavy atom. The van der Waals surface area contributed by atoms with E-state index in [1.165, 1.54) is 0 Å². The first kappa shape index (κ1) is 30.9. The van der Waals surface area contributed by atoms with Crippen molar-refractivity contribution in [2.75, 3.05) is 13.1 Å². The second-order valence-electron chi connectivity index (χ2n) is 11.9. The van der Waals surface area contributed by atoms with Gasteiger partial charge in [-0.1, -0.05) is 77.3 Å². The lowest BCUT2D eigenvalue weighted by molar-refractivity contribution is 0.0639. The van der Waals surface area contributed by atoms with E-state index in [0.29, 0.717) is 52.4 Å². The quantitative estimate of drug-likeness (QED) is 0.232. The summed E-state index contributed by atoms with van der Waals surface area (Å²) in [5.74, 6) is -0.183. The number of nitrogens with one attached hydrogen (secondary N) is 2. The third-order valence-electron chi connectivity index (χ3n) is 7.65. The van der Waals surface area contributed by atoms with Crippen molar-refractivity contribution in [2.45, 2.75) is 51.6 Å². The number of likely N-dealkylation sites (tertiary alicyclic amines) is 1. The van der Waals surface area contributed by atoms with Gasteiger partial charge in [0.2, 0.25) is 0 Å². The largest absolute Gasteiger partial charge is 0.337 e. The highest BCUT2D eigenvalue weighted by Gasteiger charge is 2.40. The molecule has 2 N–H and O–H groups in total. The van der Waals surface area contributed by atoms with Gasteiger partial charge in [0, 0.05) is 39.8 Å². The average molecular weight is 639 g/mol. The zero-order chi connectivity index (χ0) is 30.9. The molecule has 0 bridgehead atoms. The summed E-state index contributed by atoms with van der Waals surface area (Å²) in [6, 6.07) is 22.3. The van der Waals surface area contributed by atoms with E-state index in [1.807, 2.05) is 70.2 Å². The summed E-state index contributed by atoms with van der Waals surface area (Å²) in [6.07, 6.45) is 1.10. The van der Waals surface area contributed by atoms with E-state index in [9.17, 15) is 9.59 Å². The minimum absolute atomic E-state index is 0.183. The molecular weight excluding hydrogens is 605 g/mol. The Morgan fingerprint density at radius 1 is 0.884 bits per heavy atom. The molecule has 0 spiro atoms. The first-order valence-corrected chi connectivity index (χ1v) is 15.3. The number of hydrogen-bond acceptors (Lipinski definition) is 3. The second-order valence-corrected chi connectivity index (χ2v) is 13.2. The third kappa shape index (κ3) is 6.69. The smallest absolute Gasteiger partial charge is 0.315 e. The molecule has 1 fully saturated rings. The topological polar surface area (TPSA) is 79.3 Å². The predicted octanol–water partition coefficient (Wildman–Crippen LogP) is 8.04. The Kier molecular flexibility index (Phi) is 8.80. The van der Waals surface area contributed by atoms with Crippen LogP contribution in [0.1, 0.15) is 55.2 Å². The molecule has 7 nitrogen and oxygen atoms in total. The molecule has 0 saturated carbocycles. The molecule has 224 valence electrons. The first-order chi connectivity index (χ1) is 20.4. The van der Waals surface area contributed by atoms with Gasteiger partial charge in [-0.15, -0.1) is 0 Å². The number of urea groups is 1. The van der Waals surface area contributed by atoms with Crippen molar-refractivity contribution in [3.8, 4) is 16.9 Å². The molecule has 3 amide bonds. The molecule has 0 aliphatic carbocycles. The van der Waals surface area contributed by atoms with Gasteiger partial charge in [-0.2, -0.15) is 5.10 Å². The normalized spacial score (nSPS) is 14.8. The molecule has 1 aliphatic rings. The van der Waals surface area contributed by atoms with Crippen LogP contribution < -0.4 is 10.6 Å². The summed E-state index contributed by atoms with van der Waals surface area (Å²) in [6.45, 7) is 8.60. The van der Waals surface area contributed by atoms with Gasteiger partial charge in [-0.3, -0.25) is 4.79 Å². The monoisotopic (exact) mass is 637 g/mol. The average Bonchev–Trinajstić information content (AvgIpc) is 3.29. The zero-order valence-corrected chi connectivity index (χ0v) is 26.8. The number of benzene rings is 3. The van der Waals surface area contributed by atoms with Crippen molar-refractivity contribution < 1.29 is 9.59 Å². The van der Waals surface area contributed by atoms with E-state index in [-0.39, 0.29) is 17.5 Å². The molecule has 1 saturated heterocycles. The molecule has 0 atom stereocenters. The van der Waals surface area contributed by atoms with Crippen LogP contribution in [-0.4, -0.2) is 45.2 Å². The van der Waals surface area contributed by atoms with E-state index in [0.717, 1.165) is 22.4 Å². The van der Waals surface area contributed by atoms with Gasteiger partial charge in [-0.05, 0) is 76.4 Å². The fourth-order valence-electron chi connectivity index (χ4n) is 5.55. The van der Waals surface area contributed by atoms with Crippen LogP contribution in [0.4, 0.5) is 4.79 Å². The number of rotatable bonds is 5. The molecule has 0 radical (unpaired) electrons. The lowest BCUT2D eigenvalue weighted by Crippen LogP contribution is -2.58. The lowest BCUT2D eigenvalue weighted by atomic mass is 9.80. The number of carbonyl (C=O) groups is 2. The minimum atomic E-state index is -0.618. The van der Waals surface area contributed by atoms with Gasteiger partial charge in [-0.25, -0.2) is 9.48 Å². The van der Waals surface area contributed by atoms with Crippen LogP contribution in [0.5, 0.6) is 0 Å². The number of amides is 3. The van der Waals surface area contributed by atoms with Gasteiger partial charge in [0.25, 0.3) is 5.91 Å². The Balaban J connectivity index is 1.47. The predicted molar refractivity (Wildman–Crippen MR) is 173 cm³/mol.